The molecule has 0 bridgehead atoms. The second kappa shape index (κ2) is 4.53. The number of hydrogen-bond donors (Lipinski definition) is 2. The molecule has 0 aromatic heterocycles. The van der Waals surface area contributed by atoms with Crippen LogP contribution in [0.2, 0.25) is 0 Å². The van der Waals surface area contributed by atoms with Gasteiger partial charge in [-0.1, -0.05) is 24.3 Å². The van der Waals surface area contributed by atoms with E-state index in [9.17, 15) is 5.11 Å². The molecule has 0 aliphatic carbocycles. The summed E-state index contributed by atoms with van der Waals surface area (Å²) >= 11 is 0. The lowest BCUT2D eigenvalue weighted by molar-refractivity contribution is 0.0187. The minimum Gasteiger partial charge on any atom is -0.388 e. The highest BCUT2D eigenvalue weighted by atomic mass is 16.5. The Balaban J connectivity index is 2.30. The van der Waals surface area contributed by atoms with Gasteiger partial charge in [0.05, 0.1) is 12.7 Å². The predicted octanol–water partition coefficient (Wildman–Crippen LogP) is 1.39. The normalized spacial score (nSPS) is 26.9. The third-order valence-corrected chi connectivity index (χ3v) is 3.60. The van der Waals surface area contributed by atoms with Crippen molar-refractivity contribution < 1.29 is 9.84 Å². The van der Waals surface area contributed by atoms with E-state index >= 15 is 0 Å². The van der Waals surface area contributed by atoms with Crippen molar-refractivity contribution in [2.75, 3.05) is 19.8 Å². The van der Waals surface area contributed by atoms with Crippen molar-refractivity contribution >= 4 is 0 Å². The van der Waals surface area contributed by atoms with Gasteiger partial charge in [-0.05, 0) is 24.5 Å². The van der Waals surface area contributed by atoms with Crippen molar-refractivity contribution in [1.29, 1.82) is 0 Å². The van der Waals surface area contributed by atoms with Crippen LogP contribution in [0.3, 0.4) is 0 Å². The largest absolute Gasteiger partial charge is 0.388 e. The first-order valence-corrected chi connectivity index (χ1v) is 5.71. The van der Waals surface area contributed by atoms with Gasteiger partial charge in [0.25, 0.3) is 0 Å². The average Bonchev–Trinajstić information content (AvgIpc) is 2.78. The Bertz CT molecular complexity index is 359. The minimum absolute atomic E-state index is 0.299. The van der Waals surface area contributed by atoms with E-state index in [-0.39, 0.29) is 5.41 Å². The van der Waals surface area contributed by atoms with Gasteiger partial charge in [0.15, 0.2) is 0 Å². The Morgan fingerprint density at radius 1 is 1.50 bits per heavy atom. The van der Waals surface area contributed by atoms with Crippen LogP contribution >= 0.6 is 0 Å². The van der Waals surface area contributed by atoms with Gasteiger partial charge in [0.1, 0.15) is 0 Å². The molecular formula is C13H19NO2. The van der Waals surface area contributed by atoms with Crippen molar-refractivity contribution in [3.05, 3.63) is 35.4 Å². The van der Waals surface area contributed by atoms with Crippen molar-refractivity contribution in [1.82, 2.24) is 0 Å². The zero-order valence-electron chi connectivity index (χ0n) is 9.65. The van der Waals surface area contributed by atoms with Gasteiger partial charge in [-0.15, -0.1) is 0 Å². The molecule has 1 heterocycles. The van der Waals surface area contributed by atoms with Gasteiger partial charge < -0.3 is 15.6 Å². The number of ether oxygens (including phenoxy) is 1. The van der Waals surface area contributed by atoms with Crippen LogP contribution in [-0.4, -0.2) is 24.9 Å². The lowest BCUT2D eigenvalue weighted by atomic mass is 9.77. The average molecular weight is 221 g/mol. The molecule has 2 unspecified atom stereocenters. The third-order valence-electron chi connectivity index (χ3n) is 3.60. The minimum atomic E-state index is -0.527. The van der Waals surface area contributed by atoms with Crippen LogP contribution in [0.1, 0.15) is 23.7 Å². The quantitative estimate of drug-likeness (QED) is 0.811. The molecule has 1 aliphatic rings. The van der Waals surface area contributed by atoms with Crippen LogP contribution < -0.4 is 5.73 Å². The fourth-order valence-corrected chi connectivity index (χ4v) is 2.33. The maximum absolute atomic E-state index is 10.5. The molecule has 2 atom stereocenters. The van der Waals surface area contributed by atoms with Crippen LogP contribution in [0.5, 0.6) is 0 Å². The highest BCUT2D eigenvalue weighted by Gasteiger charge is 2.41. The number of aliphatic hydroxyl groups is 1. The van der Waals surface area contributed by atoms with E-state index in [1.165, 1.54) is 0 Å². The van der Waals surface area contributed by atoms with E-state index in [0.29, 0.717) is 19.8 Å². The Kier molecular flexibility index (Phi) is 3.28. The molecule has 3 nitrogen and oxygen atoms in total. The molecule has 0 saturated carbocycles. The van der Waals surface area contributed by atoms with Gasteiger partial charge in [-0.3, -0.25) is 0 Å². The summed E-state index contributed by atoms with van der Waals surface area (Å²) in [6.07, 6.45) is 0.306. The molecule has 88 valence electrons. The molecule has 1 saturated heterocycles. The van der Waals surface area contributed by atoms with Crippen LogP contribution in [0.4, 0.5) is 0 Å². The second-order valence-electron chi connectivity index (χ2n) is 4.63. The molecule has 16 heavy (non-hydrogen) atoms. The lowest BCUT2D eigenvalue weighted by Gasteiger charge is -2.32. The lowest BCUT2D eigenvalue weighted by Crippen LogP contribution is -2.37. The van der Waals surface area contributed by atoms with E-state index in [2.05, 4.69) is 0 Å². The van der Waals surface area contributed by atoms with Crippen molar-refractivity contribution in [2.45, 2.75) is 19.4 Å². The third kappa shape index (κ3) is 1.86. The van der Waals surface area contributed by atoms with Gasteiger partial charge >= 0.3 is 0 Å². The molecule has 0 spiro atoms. The molecule has 1 aromatic carbocycles. The van der Waals surface area contributed by atoms with Crippen molar-refractivity contribution in [2.24, 2.45) is 11.1 Å². The smallest absolute Gasteiger partial charge is 0.0883 e. The molecule has 3 N–H and O–H groups in total. The predicted molar refractivity (Wildman–Crippen MR) is 63.1 cm³/mol. The number of aryl methyl sites for hydroxylation is 1. The maximum Gasteiger partial charge on any atom is 0.0883 e. The number of benzene rings is 1. The first kappa shape index (κ1) is 11.6. The zero-order chi connectivity index (χ0) is 11.6. The summed E-state index contributed by atoms with van der Waals surface area (Å²) in [5, 5.41) is 10.5. The van der Waals surface area contributed by atoms with E-state index in [1.54, 1.807) is 0 Å². The summed E-state index contributed by atoms with van der Waals surface area (Å²) in [4.78, 5) is 0. The van der Waals surface area contributed by atoms with Crippen molar-refractivity contribution in [3.8, 4) is 0 Å². The molecule has 0 amide bonds. The van der Waals surface area contributed by atoms with Gasteiger partial charge in [0, 0.05) is 18.6 Å². The number of aliphatic hydroxyl groups excluding tert-OH is 1. The van der Waals surface area contributed by atoms with Crippen LogP contribution in [0.25, 0.3) is 0 Å². The first-order chi connectivity index (χ1) is 7.69. The van der Waals surface area contributed by atoms with E-state index in [4.69, 9.17) is 10.5 Å². The molecule has 2 rings (SSSR count). The molecule has 1 fully saturated rings. The molecule has 3 heteroatoms. The van der Waals surface area contributed by atoms with E-state index in [1.807, 2.05) is 31.2 Å². The first-order valence-electron chi connectivity index (χ1n) is 5.71. The summed E-state index contributed by atoms with van der Waals surface area (Å²) in [5.41, 5.74) is 7.59. The van der Waals surface area contributed by atoms with Gasteiger partial charge in [-0.25, -0.2) is 0 Å². The van der Waals surface area contributed by atoms with E-state index in [0.717, 1.165) is 17.5 Å². The Hall–Kier alpha value is -0.900. The fourth-order valence-electron chi connectivity index (χ4n) is 2.33. The summed E-state index contributed by atoms with van der Waals surface area (Å²) < 4.78 is 5.39. The Morgan fingerprint density at radius 2 is 2.25 bits per heavy atom. The Labute approximate surface area is 96.2 Å². The number of nitrogens with two attached hydrogens (primary N) is 1. The molecule has 1 aliphatic heterocycles. The number of hydrogen-bond acceptors (Lipinski definition) is 3. The topological polar surface area (TPSA) is 55.5 Å². The van der Waals surface area contributed by atoms with Gasteiger partial charge in [-0.2, -0.15) is 0 Å². The SMILES string of the molecule is Cc1ccccc1C(O)C1(CN)CCOC1. The van der Waals surface area contributed by atoms with E-state index < -0.39 is 6.10 Å². The summed E-state index contributed by atoms with van der Waals surface area (Å²) in [5.74, 6) is 0. The fraction of sp³-hybridized carbons (Fsp3) is 0.538. The van der Waals surface area contributed by atoms with Crippen LogP contribution in [0.15, 0.2) is 24.3 Å². The van der Waals surface area contributed by atoms with Crippen LogP contribution in [0, 0.1) is 12.3 Å². The van der Waals surface area contributed by atoms with Crippen LogP contribution in [-0.2, 0) is 4.74 Å². The summed E-state index contributed by atoms with van der Waals surface area (Å²) in [6.45, 7) is 3.72. The number of rotatable bonds is 3. The molecular weight excluding hydrogens is 202 g/mol. The van der Waals surface area contributed by atoms with Crippen molar-refractivity contribution in [3.63, 3.8) is 0 Å². The Morgan fingerprint density at radius 3 is 2.81 bits per heavy atom. The monoisotopic (exact) mass is 221 g/mol. The van der Waals surface area contributed by atoms with Gasteiger partial charge in [0.2, 0.25) is 0 Å². The molecule has 1 aromatic rings. The maximum atomic E-state index is 10.5. The molecule has 0 radical (unpaired) electrons. The standard InChI is InChI=1S/C13H19NO2/c1-10-4-2-3-5-11(10)12(15)13(8-14)6-7-16-9-13/h2-5,12,15H,6-9,14H2,1H3. The highest BCUT2D eigenvalue weighted by molar-refractivity contribution is 5.29. The summed E-state index contributed by atoms with van der Waals surface area (Å²) in [6, 6.07) is 7.91. The second-order valence-corrected chi connectivity index (χ2v) is 4.63. The zero-order valence-corrected chi connectivity index (χ0v) is 9.65. The summed E-state index contributed by atoms with van der Waals surface area (Å²) in [7, 11) is 0. The highest BCUT2D eigenvalue weighted by Crippen LogP contribution is 2.41.